The van der Waals surface area contributed by atoms with E-state index in [0.717, 1.165) is 47.8 Å². The molecule has 0 bridgehead atoms. The molecule has 4 aromatic rings. The number of benzene rings is 2. The van der Waals surface area contributed by atoms with Crippen LogP contribution >= 0.6 is 0 Å². The molecule has 10 heteroatoms. The fourth-order valence-corrected chi connectivity index (χ4v) is 4.97. The fraction of sp³-hybridized carbons (Fsp3) is 0.286. The highest BCUT2D eigenvalue weighted by Crippen LogP contribution is 2.33. The number of fused-ring (bicyclic) bond motifs is 1. The number of methoxy groups -OCH3 is 1. The molecule has 0 saturated carbocycles. The summed E-state index contributed by atoms with van der Waals surface area (Å²) in [6.45, 7) is 3.23. The average molecular weight is 517 g/mol. The quantitative estimate of drug-likeness (QED) is 0.403. The average Bonchev–Trinajstić information content (AvgIpc) is 3.33. The summed E-state index contributed by atoms with van der Waals surface area (Å²) in [6, 6.07) is 13.3. The topological polar surface area (TPSA) is 115 Å². The summed E-state index contributed by atoms with van der Waals surface area (Å²) in [7, 11) is 1.43. The lowest BCUT2D eigenvalue weighted by molar-refractivity contribution is -0.130. The first kappa shape index (κ1) is 25.2. The van der Waals surface area contributed by atoms with Crippen molar-refractivity contribution in [2.75, 3.05) is 25.9 Å². The number of nitrogens with one attached hydrogen (secondary N) is 1. The minimum Gasteiger partial charge on any atom is -0.496 e. The summed E-state index contributed by atoms with van der Waals surface area (Å²) in [6.07, 6.45) is 3.53. The van der Waals surface area contributed by atoms with Gasteiger partial charge in [-0.05, 0) is 42.7 Å². The molecule has 0 spiro atoms. The summed E-state index contributed by atoms with van der Waals surface area (Å²) in [5.41, 5.74) is 9.89. The molecule has 1 unspecified atom stereocenters. The van der Waals surface area contributed by atoms with Crippen molar-refractivity contribution in [1.82, 2.24) is 24.6 Å². The second-order valence-electron chi connectivity index (χ2n) is 9.37. The molecule has 1 saturated heterocycles. The maximum absolute atomic E-state index is 13.7. The van der Waals surface area contributed by atoms with Crippen LogP contribution in [0.15, 0.2) is 54.7 Å². The number of rotatable bonds is 6. The van der Waals surface area contributed by atoms with Crippen LogP contribution in [0.1, 0.15) is 47.3 Å². The number of imidazole rings is 1. The number of ether oxygens (including phenoxy) is 1. The summed E-state index contributed by atoms with van der Waals surface area (Å²) in [4.78, 5) is 35.7. The van der Waals surface area contributed by atoms with Crippen LogP contribution in [-0.2, 0) is 11.3 Å². The number of piperidine rings is 1. The van der Waals surface area contributed by atoms with Crippen molar-refractivity contribution in [2.24, 2.45) is 0 Å². The first-order chi connectivity index (χ1) is 18.4. The Morgan fingerprint density at radius 2 is 1.97 bits per heavy atom. The number of hydrogen-bond donors (Lipinski definition) is 2. The molecule has 5 rings (SSSR count). The van der Waals surface area contributed by atoms with E-state index >= 15 is 0 Å². The van der Waals surface area contributed by atoms with Gasteiger partial charge in [-0.25, -0.2) is 14.4 Å². The summed E-state index contributed by atoms with van der Waals surface area (Å²) < 4.78 is 20.7. The van der Waals surface area contributed by atoms with Crippen molar-refractivity contribution in [2.45, 2.75) is 32.2 Å². The first-order valence-corrected chi connectivity index (χ1v) is 12.4. The van der Waals surface area contributed by atoms with Gasteiger partial charge in [0.1, 0.15) is 17.4 Å². The highest BCUT2D eigenvalue weighted by molar-refractivity contribution is 5.96. The van der Waals surface area contributed by atoms with Crippen LogP contribution < -0.4 is 15.8 Å². The zero-order valence-corrected chi connectivity index (χ0v) is 21.3. The number of aromatic nitrogens is 3. The Hall–Kier alpha value is -4.47. The van der Waals surface area contributed by atoms with Crippen molar-refractivity contribution in [3.05, 3.63) is 77.4 Å². The monoisotopic (exact) mass is 516 g/mol. The SMILES string of the molecule is COc1ccc(F)cc1C(=O)NCc1ccc(-c2nc(C3CCCN(C(C)=O)C3)c3ccnc(N)n23)cc1. The van der Waals surface area contributed by atoms with Gasteiger partial charge < -0.3 is 20.7 Å². The third-order valence-corrected chi connectivity index (χ3v) is 6.93. The van der Waals surface area contributed by atoms with E-state index in [-0.39, 0.29) is 23.9 Å². The van der Waals surface area contributed by atoms with E-state index in [4.69, 9.17) is 15.5 Å². The van der Waals surface area contributed by atoms with E-state index < -0.39 is 11.7 Å². The second-order valence-corrected chi connectivity index (χ2v) is 9.37. The molecule has 1 atom stereocenters. The van der Waals surface area contributed by atoms with Crippen LogP contribution in [0.25, 0.3) is 16.9 Å². The lowest BCUT2D eigenvalue weighted by atomic mass is 9.94. The van der Waals surface area contributed by atoms with Crippen LogP contribution in [-0.4, -0.2) is 51.3 Å². The minimum absolute atomic E-state index is 0.0677. The van der Waals surface area contributed by atoms with E-state index in [1.165, 1.54) is 19.2 Å². The number of nitrogens with zero attached hydrogens (tertiary/aromatic N) is 4. The van der Waals surface area contributed by atoms with E-state index in [1.807, 2.05) is 39.6 Å². The molecule has 2 aromatic heterocycles. The van der Waals surface area contributed by atoms with Gasteiger partial charge in [-0.3, -0.25) is 14.0 Å². The molecule has 0 radical (unpaired) electrons. The third kappa shape index (κ3) is 4.89. The maximum atomic E-state index is 13.7. The second kappa shape index (κ2) is 10.5. The van der Waals surface area contributed by atoms with Gasteiger partial charge in [-0.2, -0.15) is 0 Å². The molecule has 38 heavy (non-hydrogen) atoms. The van der Waals surface area contributed by atoms with Gasteiger partial charge in [0.05, 0.1) is 23.9 Å². The van der Waals surface area contributed by atoms with Gasteiger partial charge in [0.15, 0.2) is 0 Å². The van der Waals surface area contributed by atoms with E-state index in [9.17, 15) is 14.0 Å². The minimum atomic E-state index is -0.511. The highest BCUT2D eigenvalue weighted by Gasteiger charge is 2.28. The molecule has 3 N–H and O–H groups in total. The summed E-state index contributed by atoms with van der Waals surface area (Å²) in [5.74, 6) is 0.529. The smallest absolute Gasteiger partial charge is 0.255 e. The predicted octanol–water partition coefficient (Wildman–Crippen LogP) is 3.78. The number of halogens is 1. The Labute approximate surface area is 219 Å². The normalized spacial score (nSPS) is 15.4. The van der Waals surface area contributed by atoms with Crippen molar-refractivity contribution in [3.63, 3.8) is 0 Å². The molecule has 2 amide bonds. The van der Waals surface area contributed by atoms with Crippen LogP contribution in [0.5, 0.6) is 5.75 Å². The van der Waals surface area contributed by atoms with Gasteiger partial charge >= 0.3 is 0 Å². The highest BCUT2D eigenvalue weighted by atomic mass is 19.1. The van der Waals surface area contributed by atoms with Crippen molar-refractivity contribution in [3.8, 4) is 17.1 Å². The third-order valence-electron chi connectivity index (χ3n) is 6.93. The molecule has 2 aromatic carbocycles. The Morgan fingerprint density at radius 3 is 2.71 bits per heavy atom. The molecule has 196 valence electrons. The Bertz CT molecular complexity index is 1500. The number of carbonyl (C=O) groups is 2. The lowest BCUT2D eigenvalue weighted by Gasteiger charge is -2.31. The molecule has 0 aliphatic carbocycles. The number of carbonyl (C=O) groups excluding carboxylic acids is 2. The summed E-state index contributed by atoms with van der Waals surface area (Å²) in [5, 5.41) is 2.81. The number of nitrogen functional groups attached to an aromatic ring is 1. The van der Waals surface area contributed by atoms with Crippen LogP contribution in [0, 0.1) is 5.82 Å². The molecule has 1 aliphatic rings. The lowest BCUT2D eigenvalue weighted by Crippen LogP contribution is -2.37. The molecular formula is C28H29FN6O3. The van der Waals surface area contributed by atoms with Gasteiger partial charge in [0, 0.05) is 44.2 Å². The van der Waals surface area contributed by atoms with Crippen LogP contribution in [0.2, 0.25) is 0 Å². The Balaban J connectivity index is 1.39. The van der Waals surface area contributed by atoms with Gasteiger partial charge in [-0.15, -0.1) is 0 Å². The number of nitrogens with two attached hydrogens (primary N) is 1. The maximum Gasteiger partial charge on any atom is 0.255 e. The van der Waals surface area contributed by atoms with Gasteiger partial charge in [0.2, 0.25) is 11.9 Å². The Kier molecular flexibility index (Phi) is 6.95. The standard InChI is InChI=1S/C28H29FN6O3/c1-17(36)34-13-3-4-20(16-34)25-23-11-12-31-28(30)35(23)26(33-25)19-7-5-18(6-8-19)15-32-27(37)22-14-21(29)9-10-24(22)38-2/h5-12,14,20H,3-4,13,15-16H2,1-2H3,(H2,30,31)(H,32,37). The van der Waals surface area contributed by atoms with E-state index in [0.29, 0.717) is 24.1 Å². The number of amides is 2. The van der Waals surface area contributed by atoms with Crippen molar-refractivity contribution < 1.29 is 18.7 Å². The largest absolute Gasteiger partial charge is 0.496 e. The molecule has 1 aliphatic heterocycles. The molecule has 3 heterocycles. The molecule has 1 fully saturated rings. The number of likely N-dealkylation sites (tertiary alicyclic amines) is 1. The predicted molar refractivity (Wildman–Crippen MR) is 141 cm³/mol. The van der Waals surface area contributed by atoms with E-state index in [2.05, 4.69) is 10.3 Å². The van der Waals surface area contributed by atoms with Gasteiger partial charge in [-0.1, -0.05) is 24.3 Å². The molecular weight excluding hydrogens is 487 g/mol. The van der Waals surface area contributed by atoms with Crippen molar-refractivity contribution >= 4 is 23.3 Å². The van der Waals surface area contributed by atoms with Gasteiger partial charge in [0.25, 0.3) is 5.91 Å². The number of hydrogen-bond acceptors (Lipinski definition) is 6. The Morgan fingerprint density at radius 1 is 1.18 bits per heavy atom. The van der Waals surface area contributed by atoms with Crippen molar-refractivity contribution in [1.29, 1.82) is 0 Å². The molecule has 9 nitrogen and oxygen atoms in total. The number of anilines is 1. The van der Waals surface area contributed by atoms with Crippen LogP contribution in [0.4, 0.5) is 10.3 Å². The van der Waals surface area contributed by atoms with E-state index in [1.54, 1.807) is 13.1 Å². The van der Waals surface area contributed by atoms with Crippen LogP contribution in [0.3, 0.4) is 0 Å². The zero-order valence-electron chi connectivity index (χ0n) is 21.3. The fourth-order valence-electron chi connectivity index (χ4n) is 4.97. The zero-order chi connectivity index (χ0) is 26.8. The summed E-state index contributed by atoms with van der Waals surface area (Å²) >= 11 is 0. The first-order valence-electron chi connectivity index (χ1n) is 12.4.